The number of halogens is 1. The van der Waals surface area contributed by atoms with Crippen molar-refractivity contribution in [2.45, 2.75) is 29.5 Å². The molecule has 4 heteroatoms. The lowest BCUT2D eigenvalue weighted by Crippen LogP contribution is -2.05. The third-order valence-electron chi connectivity index (χ3n) is 2.10. The van der Waals surface area contributed by atoms with Gasteiger partial charge in [0.15, 0.2) is 0 Å². The molecule has 1 aromatic carbocycles. The summed E-state index contributed by atoms with van der Waals surface area (Å²) in [6.07, 6.45) is 2.61. The lowest BCUT2D eigenvalue weighted by atomic mass is 10.2. The third-order valence-corrected chi connectivity index (χ3v) is 3.94. The van der Waals surface area contributed by atoms with Gasteiger partial charge in [-0.05, 0) is 30.5 Å². The minimum Gasteiger partial charge on any atom is -0.316 e. The van der Waals surface area contributed by atoms with Gasteiger partial charge in [-0.3, -0.25) is 0 Å². The second-order valence-electron chi connectivity index (χ2n) is 3.42. The predicted molar refractivity (Wildman–Crippen MR) is 59.0 cm³/mol. The summed E-state index contributed by atoms with van der Waals surface area (Å²) in [5.41, 5.74) is 3.12. The van der Waals surface area contributed by atoms with Crippen molar-refractivity contribution in [3.05, 3.63) is 28.8 Å². The zero-order chi connectivity index (χ0) is 9.97. The molecule has 0 radical (unpaired) electrons. The van der Waals surface area contributed by atoms with Gasteiger partial charge in [0.1, 0.15) is 0 Å². The smallest absolute Gasteiger partial charge is 0.0545 e. The summed E-state index contributed by atoms with van der Waals surface area (Å²) in [7, 11) is 0. The maximum absolute atomic E-state index is 8.54. The average Bonchev–Trinajstić information content (AvgIpc) is 2.94. The van der Waals surface area contributed by atoms with Gasteiger partial charge in [0.25, 0.3) is 0 Å². The SMILES string of the molecule is ONCc1ccc(SC2CC2)c(Cl)c1. The highest BCUT2D eigenvalue weighted by atomic mass is 35.5. The van der Waals surface area contributed by atoms with Crippen molar-refractivity contribution in [1.82, 2.24) is 5.48 Å². The number of rotatable bonds is 4. The van der Waals surface area contributed by atoms with Gasteiger partial charge < -0.3 is 5.21 Å². The molecule has 0 amide bonds. The van der Waals surface area contributed by atoms with Gasteiger partial charge in [-0.25, -0.2) is 5.48 Å². The van der Waals surface area contributed by atoms with E-state index in [1.54, 1.807) is 0 Å². The van der Waals surface area contributed by atoms with Crippen LogP contribution in [-0.2, 0) is 6.54 Å². The molecule has 2 N–H and O–H groups in total. The number of thioether (sulfide) groups is 1. The highest BCUT2D eigenvalue weighted by Crippen LogP contribution is 2.41. The van der Waals surface area contributed by atoms with Crippen molar-refractivity contribution >= 4 is 23.4 Å². The number of benzene rings is 1. The van der Waals surface area contributed by atoms with Crippen LogP contribution in [0.15, 0.2) is 23.1 Å². The van der Waals surface area contributed by atoms with Crippen LogP contribution in [0.25, 0.3) is 0 Å². The van der Waals surface area contributed by atoms with Crippen molar-refractivity contribution in [3.63, 3.8) is 0 Å². The fourth-order valence-electron chi connectivity index (χ4n) is 1.21. The molecule has 0 saturated heterocycles. The molecule has 0 aromatic heterocycles. The molecule has 14 heavy (non-hydrogen) atoms. The quantitative estimate of drug-likeness (QED) is 0.779. The van der Waals surface area contributed by atoms with Crippen molar-refractivity contribution in [1.29, 1.82) is 0 Å². The molecule has 0 unspecified atom stereocenters. The van der Waals surface area contributed by atoms with E-state index in [0.29, 0.717) is 6.54 Å². The van der Waals surface area contributed by atoms with Crippen LogP contribution in [0.3, 0.4) is 0 Å². The molecule has 0 bridgehead atoms. The Morgan fingerprint density at radius 2 is 2.29 bits per heavy atom. The van der Waals surface area contributed by atoms with Gasteiger partial charge >= 0.3 is 0 Å². The normalized spacial score (nSPS) is 15.9. The van der Waals surface area contributed by atoms with Crippen LogP contribution < -0.4 is 5.48 Å². The first-order valence-corrected chi connectivity index (χ1v) is 5.87. The molecule has 1 aliphatic carbocycles. The Morgan fingerprint density at radius 3 is 2.86 bits per heavy atom. The summed E-state index contributed by atoms with van der Waals surface area (Å²) in [6.45, 7) is 0.439. The molecule has 2 rings (SSSR count). The second-order valence-corrected chi connectivity index (χ2v) is 5.17. The van der Waals surface area contributed by atoms with E-state index in [2.05, 4.69) is 5.48 Å². The van der Waals surface area contributed by atoms with E-state index >= 15 is 0 Å². The van der Waals surface area contributed by atoms with Gasteiger partial charge in [-0.2, -0.15) is 0 Å². The number of hydrogen-bond donors (Lipinski definition) is 2. The van der Waals surface area contributed by atoms with Crippen LogP contribution in [0.5, 0.6) is 0 Å². The highest BCUT2D eigenvalue weighted by Gasteiger charge is 2.23. The Kier molecular flexibility index (Phi) is 3.34. The van der Waals surface area contributed by atoms with E-state index in [0.717, 1.165) is 20.7 Å². The van der Waals surface area contributed by atoms with Crippen molar-refractivity contribution in [2.75, 3.05) is 0 Å². The molecule has 0 atom stereocenters. The molecule has 1 saturated carbocycles. The van der Waals surface area contributed by atoms with E-state index in [1.165, 1.54) is 12.8 Å². The number of nitrogens with one attached hydrogen (secondary N) is 1. The molecule has 0 spiro atoms. The lowest BCUT2D eigenvalue weighted by molar-refractivity contribution is 0.161. The van der Waals surface area contributed by atoms with Crippen LogP contribution in [0.1, 0.15) is 18.4 Å². The van der Waals surface area contributed by atoms with Gasteiger partial charge in [0.05, 0.1) is 5.02 Å². The molecule has 2 nitrogen and oxygen atoms in total. The summed E-state index contributed by atoms with van der Waals surface area (Å²) in [5.74, 6) is 0. The fraction of sp³-hybridized carbons (Fsp3) is 0.400. The maximum Gasteiger partial charge on any atom is 0.0545 e. The van der Waals surface area contributed by atoms with Crippen LogP contribution in [0.2, 0.25) is 5.02 Å². The molecular weight excluding hydrogens is 218 g/mol. The van der Waals surface area contributed by atoms with Crippen LogP contribution >= 0.6 is 23.4 Å². The van der Waals surface area contributed by atoms with Crippen molar-refractivity contribution < 1.29 is 5.21 Å². The number of hydroxylamine groups is 1. The van der Waals surface area contributed by atoms with Crippen LogP contribution in [-0.4, -0.2) is 10.5 Å². The minimum absolute atomic E-state index is 0.439. The Hall–Kier alpha value is -0.220. The van der Waals surface area contributed by atoms with E-state index in [1.807, 2.05) is 30.0 Å². The Balaban J connectivity index is 2.09. The topological polar surface area (TPSA) is 32.3 Å². The summed E-state index contributed by atoms with van der Waals surface area (Å²) >= 11 is 7.95. The zero-order valence-corrected chi connectivity index (χ0v) is 9.24. The molecule has 76 valence electrons. The summed E-state index contributed by atoms with van der Waals surface area (Å²) in [6, 6.07) is 5.91. The molecule has 1 aliphatic rings. The largest absolute Gasteiger partial charge is 0.316 e. The average molecular weight is 230 g/mol. The maximum atomic E-state index is 8.54. The Bertz CT molecular complexity index is 328. The summed E-state index contributed by atoms with van der Waals surface area (Å²) in [5, 5.41) is 10.1. The second kappa shape index (κ2) is 4.53. The van der Waals surface area contributed by atoms with Crippen LogP contribution in [0.4, 0.5) is 0 Å². The third kappa shape index (κ3) is 2.64. The molecule has 0 heterocycles. The minimum atomic E-state index is 0.439. The van der Waals surface area contributed by atoms with Crippen molar-refractivity contribution in [2.24, 2.45) is 0 Å². The summed E-state index contributed by atoms with van der Waals surface area (Å²) in [4.78, 5) is 1.15. The molecular formula is C10H12ClNOS. The monoisotopic (exact) mass is 229 g/mol. The van der Waals surface area contributed by atoms with Gasteiger partial charge in [-0.1, -0.05) is 17.7 Å². The first-order chi connectivity index (χ1) is 6.79. The lowest BCUT2D eigenvalue weighted by Gasteiger charge is -2.05. The number of hydrogen-bond acceptors (Lipinski definition) is 3. The standard InChI is InChI=1S/C10H12ClNOS/c11-9-5-7(6-12-13)1-4-10(9)14-8-2-3-8/h1,4-5,8,12-13H,2-3,6H2. The van der Waals surface area contributed by atoms with E-state index < -0.39 is 0 Å². The molecule has 1 aromatic rings. The van der Waals surface area contributed by atoms with E-state index in [9.17, 15) is 0 Å². The summed E-state index contributed by atoms with van der Waals surface area (Å²) < 4.78 is 0. The molecule has 1 fully saturated rings. The Morgan fingerprint density at radius 1 is 1.50 bits per heavy atom. The van der Waals surface area contributed by atoms with Crippen molar-refractivity contribution in [3.8, 4) is 0 Å². The fourth-order valence-corrected chi connectivity index (χ4v) is 2.59. The van der Waals surface area contributed by atoms with Crippen LogP contribution in [0, 0.1) is 0 Å². The predicted octanol–water partition coefficient (Wildman–Crippen LogP) is 3.07. The van der Waals surface area contributed by atoms with Gasteiger partial charge in [0.2, 0.25) is 0 Å². The Labute approximate surface area is 92.6 Å². The van der Waals surface area contributed by atoms with E-state index in [4.69, 9.17) is 16.8 Å². The van der Waals surface area contributed by atoms with E-state index in [-0.39, 0.29) is 0 Å². The molecule has 0 aliphatic heterocycles. The highest BCUT2D eigenvalue weighted by molar-refractivity contribution is 8.00. The zero-order valence-electron chi connectivity index (χ0n) is 7.66. The van der Waals surface area contributed by atoms with Gasteiger partial charge in [0, 0.05) is 16.7 Å². The van der Waals surface area contributed by atoms with Gasteiger partial charge in [-0.15, -0.1) is 11.8 Å². The first kappa shape index (κ1) is 10.3. The first-order valence-electron chi connectivity index (χ1n) is 4.61.